The molecule has 1 rings (SSSR count). The highest BCUT2D eigenvalue weighted by Gasteiger charge is 2.24. The standard InChI is InChI=1S/C9H11BrClN2O6P/c10-3-7(13-2-1-6(14)12-9(13)16)19-5(8(11)15)4-18-20-17/h1-2,5,7-8,15H,3-4H2,(H,12,14,16)/t5-,7-,8-/m1/s1. The molecule has 0 unspecified atom stereocenters. The van der Waals surface area contributed by atoms with Crippen LogP contribution in [0.4, 0.5) is 0 Å². The normalized spacial score (nSPS) is 15.9. The number of H-pyrrole nitrogens is 1. The molecule has 0 aliphatic heterocycles. The zero-order chi connectivity index (χ0) is 15.1. The molecule has 1 aromatic heterocycles. The molecule has 1 heterocycles. The van der Waals surface area contributed by atoms with Crippen LogP contribution >= 0.6 is 36.2 Å². The summed E-state index contributed by atoms with van der Waals surface area (Å²) in [4.78, 5) is 24.7. The summed E-state index contributed by atoms with van der Waals surface area (Å²) in [5, 5.41) is 9.53. The van der Waals surface area contributed by atoms with Gasteiger partial charge in [-0.25, -0.2) is 9.36 Å². The van der Waals surface area contributed by atoms with Crippen LogP contribution in [0, 0.1) is 0 Å². The summed E-state index contributed by atoms with van der Waals surface area (Å²) in [5.74, 6) is 0. The largest absolute Gasteiger partial charge is 0.375 e. The molecule has 0 saturated carbocycles. The average molecular weight is 390 g/mol. The number of rotatable bonds is 8. The van der Waals surface area contributed by atoms with E-state index in [1.54, 1.807) is 0 Å². The second-order valence-electron chi connectivity index (χ2n) is 3.54. The van der Waals surface area contributed by atoms with Gasteiger partial charge in [0.2, 0.25) is 0 Å². The lowest BCUT2D eigenvalue weighted by Crippen LogP contribution is -2.38. The molecule has 20 heavy (non-hydrogen) atoms. The lowest BCUT2D eigenvalue weighted by atomic mass is 10.4. The highest BCUT2D eigenvalue weighted by atomic mass is 79.9. The van der Waals surface area contributed by atoms with Crippen LogP contribution in [-0.4, -0.2) is 38.3 Å². The maximum Gasteiger partial charge on any atom is 0.330 e. The third kappa shape index (κ3) is 5.08. The first-order valence-electron chi connectivity index (χ1n) is 5.29. The van der Waals surface area contributed by atoms with Gasteiger partial charge in [0.25, 0.3) is 5.56 Å². The Morgan fingerprint density at radius 3 is 2.75 bits per heavy atom. The maximum absolute atomic E-state index is 11.6. The van der Waals surface area contributed by atoms with E-state index < -0.39 is 37.8 Å². The zero-order valence-corrected chi connectivity index (χ0v) is 13.2. The zero-order valence-electron chi connectivity index (χ0n) is 9.94. The van der Waals surface area contributed by atoms with Crippen molar-refractivity contribution in [2.75, 3.05) is 11.9 Å². The maximum atomic E-state index is 11.6. The van der Waals surface area contributed by atoms with Gasteiger partial charge in [-0.15, -0.1) is 0 Å². The number of aliphatic hydroxyl groups excluding tert-OH is 1. The second-order valence-corrected chi connectivity index (χ2v) is 5.05. The van der Waals surface area contributed by atoms with Crippen LogP contribution in [-0.2, 0) is 13.8 Å². The third-order valence-electron chi connectivity index (χ3n) is 2.22. The number of ether oxygens (including phenoxy) is 1. The summed E-state index contributed by atoms with van der Waals surface area (Å²) in [5.41, 5.74) is -2.63. The molecule has 112 valence electrons. The number of nitrogens with zero attached hydrogens (tertiary/aromatic N) is 1. The molecule has 0 saturated heterocycles. The fourth-order valence-electron chi connectivity index (χ4n) is 1.32. The molecule has 0 amide bonds. The quantitative estimate of drug-likeness (QED) is 0.497. The van der Waals surface area contributed by atoms with Crippen molar-refractivity contribution in [3.05, 3.63) is 33.1 Å². The number of alkyl halides is 2. The molecule has 8 nitrogen and oxygen atoms in total. The molecule has 0 aromatic carbocycles. The Hall–Kier alpha value is -0.570. The molecule has 3 atom stereocenters. The van der Waals surface area contributed by atoms with Gasteiger partial charge in [-0.1, -0.05) is 27.5 Å². The van der Waals surface area contributed by atoms with Crippen LogP contribution in [0.2, 0.25) is 0 Å². The molecular formula is C9H11BrClN2O6P. The van der Waals surface area contributed by atoms with E-state index >= 15 is 0 Å². The number of nitrogens with one attached hydrogen (secondary N) is 1. The predicted molar refractivity (Wildman–Crippen MR) is 74.4 cm³/mol. The molecule has 0 fully saturated rings. The first-order chi connectivity index (χ1) is 9.49. The number of aromatic amines is 1. The van der Waals surface area contributed by atoms with Gasteiger partial charge in [-0.2, -0.15) is 0 Å². The van der Waals surface area contributed by atoms with Gasteiger partial charge >= 0.3 is 14.4 Å². The van der Waals surface area contributed by atoms with Crippen molar-refractivity contribution in [1.82, 2.24) is 9.55 Å². The van der Waals surface area contributed by atoms with Gasteiger partial charge in [0.1, 0.15) is 12.3 Å². The summed E-state index contributed by atoms with van der Waals surface area (Å²) < 4.78 is 21.3. The Morgan fingerprint density at radius 1 is 1.55 bits per heavy atom. The van der Waals surface area contributed by atoms with E-state index in [-0.39, 0.29) is 11.9 Å². The van der Waals surface area contributed by atoms with E-state index in [1.165, 1.54) is 6.20 Å². The fraction of sp³-hybridized carbons (Fsp3) is 0.556. The summed E-state index contributed by atoms with van der Waals surface area (Å²) in [7, 11) is -0.585. The molecule has 0 bridgehead atoms. The smallest absolute Gasteiger partial charge is 0.330 e. The van der Waals surface area contributed by atoms with Crippen LogP contribution in [0.1, 0.15) is 6.23 Å². The molecular weight excluding hydrogens is 378 g/mol. The van der Waals surface area contributed by atoms with Crippen molar-refractivity contribution < 1.29 is 18.9 Å². The van der Waals surface area contributed by atoms with Crippen molar-refractivity contribution in [3.8, 4) is 0 Å². The van der Waals surface area contributed by atoms with E-state index in [0.29, 0.717) is 0 Å². The fourth-order valence-corrected chi connectivity index (χ4v) is 2.12. The van der Waals surface area contributed by atoms with Crippen molar-refractivity contribution in [2.45, 2.75) is 17.9 Å². The van der Waals surface area contributed by atoms with E-state index in [1.807, 2.05) is 0 Å². The number of hydrogen-bond donors (Lipinski definition) is 2. The topological polar surface area (TPSA) is 111 Å². The Balaban J connectivity index is 2.91. The molecule has 0 aliphatic carbocycles. The Labute approximate surface area is 128 Å². The van der Waals surface area contributed by atoms with Crippen LogP contribution in [0.3, 0.4) is 0 Å². The van der Waals surface area contributed by atoms with E-state index in [9.17, 15) is 19.3 Å². The molecule has 11 heteroatoms. The summed E-state index contributed by atoms with van der Waals surface area (Å²) in [6.45, 7) is -0.239. The molecule has 1 aromatic rings. The van der Waals surface area contributed by atoms with Gasteiger partial charge in [0.05, 0.1) is 6.61 Å². The first kappa shape index (κ1) is 17.5. The van der Waals surface area contributed by atoms with Crippen LogP contribution in [0.15, 0.2) is 21.9 Å². The minimum absolute atomic E-state index is 0.189. The van der Waals surface area contributed by atoms with E-state index in [0.717, 1.165) is 10.6 Å². The predicted octanol–water partition coefficient (Wildman–Crippen LogP) is 0.596. The summed E-state index contributed by atoms with van der Waals surface area (Å²) in [6.07, 6.45) is -0.610. The molecule has 0 spiro atoms. The van der Waals surface area contributed by atoms with Crippen LogP contribution in [0.25, 0.3) is 0 Å². The van der Waals surface area contributed by atoms with Gasteiger partial charge in [0.15, 0.2) is 5.56 Å². The average Bonchev–Trinajstić information content (AvgIpc) is 2.40. The second kappa shape index (κ2) is 8.66. The number of aliphatic hydroxyl groups is 1. The van der Waals surface area contributed by atoms with Crippen molar-refractivity contribution >= 4 is 36.2 Å². The highest BCUT2D eigenvalue weighted by molar-refractivity contribution is 9.09. The van der Waals surface area contributed by atoms with Crippen molar-refractivity contribution in [2.24, 2.45) is 0 Å². The van der Waals surface area contributed by atoms with Crippen molar-refractivity contribution in [3.63, 3.8) is 0 Å². The number of halogens is 2. The van der Waals surface area contributed by atoms with Gasteiger partial charge < -0.3 is 9.84 Å². The molecule has 0 aliphatic rings. The Bertz CT molecular complexity index is 550. The van der Waals surface area contributed by atoms with Gasteiger partial charge in [-0.05, 0) is 0 Å². The Morgan fingerprint density at radius 2 is 2.25 bits per heavy atom. The van der Waals surface area contributed by atoms with Gasteiger partial charge in [-0.3, -0.25) is 18.9 Å². The molecule has 0 radical (unpaired) electrons. The number of aromatic nitrogens is 2. The van der Waals surface area contributed by atoms with E-state index in [2.05, 4.69) is 25.4 Å². The minimum Gasteiger partial charge on any atom is -0.375 e. The Kier molecular flexibility index (Phi) is 7.57. The lowest BCUT2D eigenvalue weighted by molar-refractivity contribution is -0.0897. The van der Waals surface area contributed by atoms with E-state index in [4.69, 9.17) is 16.3 Å². The van der Waals surface area contributed by atoms with Gasteiger partial charge in [0, 0.05) is 17.6 Å². The summed E-state index contributed by atoms with van der Waals surface area (Å²) in [6, 6.07) is 1.15. The lowest BCUT2D eigenvalue weighted by Gasteiger charge is -2.24. The van der Waals surface area contributed by atoms with Crippen molar-refractivity contribution in [1.29, 1.82) is 0 Å². The van der Waals surface area contributed by atoms with Crippen LogP contribution in [0.5, 0.6) is 0 Å². The monoisotopic (exact) mass is 388 g/mol. The van der Waals surface area contributed by atoms with Crippen LogP contribution < -0.4 is 11.2 Å². The first-order valence-corrected chi connectivity index (χ1v) is 7.58. The minimum atomic E-state index is -1.42. The number of hydrogen-bond acceptors (Lipinski definition) is 6. The molecule has 2 N–H and O–H groups in total. The third-order valence-corrected chi connectivity index (χ3v) is 3.31. The SMILES string of the molecule is O=POC[C@@H](O[C@H](CBr)n1ccc(=O)[nH]c1=O)[C@@H](O)Cl. The summed E-state index contributed by atoms with van der Waals surface area (Å²) >= 11 is 8.66. The highest BCUT2D eigenvalue weighted by Crippen LogP contribution is 2.17.